The molecule has 1 aliphatic rings. The Kier molecular flexibility index (Phi) is 3.72. The minimum absolute atomic E-state index is 0.394. The van der Waals surface area contributed by atoms with Gasteiger partial charge in [-0.05, 0) is 49.3 Å². The molecule has 1 aromatic carbocycles. The molecule has 2 nitrogen and oxygen atoms in total. The molecule has 0 aromatic heterocycles. The zero-order chi connectivity index (χ0) is 11.5. The molecule has 1 aromatic rings. The summed E-state index contributed by atoms with van der Waals surface area (Å²) in [6, 6.07) is 6.48. The molecule has 0 aliphatic heterocycles. The summed E-state index contributed by atoms with van der Waals surface area (Å²) in [5, 5.41) is 0.679. The lowest BCUT2D eigenvalue weighted by atomic mass is 9.82. The Bertz CT molecular complexity index is 359. The quantitative estimate of drug-likeness (QED) is 0.859. The lowest BCUT2D eigenvalue weighted by Gasteiger charge is -2.26. The van der Waals surface area contributed by atoms with Gasteiger partial charge in [0.1, 0.15) is 5.75 Å². The lowest BCUT2D eigenvalue weighted by molar-refractivity contribution is 0.390. The number of hydrogen-bond acceptors (Lipinski definition) is 2. The van der Waals surface area contributed by atoms with Crippen molar-refractivity contribution in [2.75, 3.05) is 7.11 Å². The van der Waals surface area contributed by atoms with Crippen LogP contribution >= 0.6 is 11.6 Å². The normalized spacial score (nSPS) is 25.4. The van der Waals surface area contributed by atoms with Crippen LogP contribution in [0.4, 0.5) is 0 Å². The second-order valence-electron chi connectivity index (χ2n) is 4.51. The highest BCUT2D eigenvalue weighted by Gasteiger charge is 2.20. The first kappa shape index (κ1) is 11.7. The van der Waals surface area contributed by atoms with Crippen LogP contribution in [0, 0.1) is 0 Å². The van der Waals surface area contributed by atoms with Crippen molar-refractivity contribution in [1.82, 2.24) is 0 Å². The molecule has 88 valence electrons. The van der Waals surface area contributed by atoms with E-state index in [0.717, 1.165) is 18.6 Å². The Morgan fingerprint density at radius 3 is 2.56 bits per heavy atom. The maximum atomic E-state index is 6.01. The highest BCUT2D eigenvalue weighted by Crippen LogP contribution is 2.35. The van der Waals surface area contributed by atoms with Gasteiger partial charge < -0.3 is 10.5 Å². The smallest absolute Gasteiger partial charge is 0.137 e. The van der Waals surface area contributed by atoms with Gasteiger partial charge in [0, 0.05) is 6.04 Å². The van der Waals surface area contributed by atoms with E-state index < -0.39 is 0 Å². The summed E-state index contributed by atoms with van der Waals surface area (Å²) in [4.78, 5) is 0. The molecular formula is C13H18ClNO. The van der Waals surface area contributed by atoms with E-state index in [4.69, 9.17) is 22.1 Å². The maximum Gasteiger partial charge on any atom is 0.137 e. The van der Waals surface area contributed by atoms with Crippen molar-refractivity contribution < 1.29 is 4.74 Å². The fourth-order valence-electron chi connectivity index (χ4n) is 2.38. The van der Waals surface area contributed by atoms with E-state index in [1.807, 2.05) is 6.07 Å². The lowest BCUT2D eigenvalue weighted by Crippen LogP contribution is -2.25. The second kappa shape index (κ2) is 5.07. The van der Waals surface area contributed by atoms with E-state index in [9.17, 15) is 0 Å². The molecule has 0 unspecified atom stereocenters. The van der Waals surface area contributed by atoms with Gasteiger partial charge in [-0.25, -0.2) is 0 Å². The summed E-state index contributed by atoms with van der Waals surface area (Å²) in [6.45, 7) is 0. The van der Waals surface area contributed by atoms with Gasteiger partial charge in [0.05, 0.1) is 12.1 Å². The molecule has 0 heterocycles. The van der Waals surface area contributed by atoms with Crippen LogP contribution in [0.3, 0.4) is 0 Å². The van der Waals surface area contributed by atoms with Gasteiger partial charge in [-0.15, -0.1) is 0 Å². The average molecular weight is 240 g/mol. The molecule has 16 heavy (non-hydrogen) atoms. The summed E-state index contributed by atoms with van der Waals surface area (Å²) in [5.74, 6) is 1.39. The van der Waals surface area contributed by atoms with Crippen LogP contribution in [0.2, 0.25) is 5.02 Å². The molecule has 2 rings (SSSR count). The van der Waals surface area contributed by atoms with E-state index in [2.05, 4.69) is 12.1 Å². The number of rotatable bonds is 2. The molecule has 0 spiro atoms. The van der Waals surface area contributed by atoms with Gasteiger partial charge in [-0.1, -0.05) is 17.7 Å². The first-order valence-electron chi connectivity index (χ1n) is 5.79. The zero-order valence-electron chi connectivity index (χ0n) is 9.58. The number of hydrogen-bond donors (Lipinski definition) is 1. The molecule has 3 heteroatoms. The Balaban J connectivity index is 2.14. The molecule has 0 bridgehead atoms. The van der Waals surface area contributed by atoms with E-state index in [1.54, 1.807) is 7.11 Å². The van der Waals surface area contributed by atoms with Crippen LogP contribution in [0.5, 0.6) is 5.75 Å². The molecule has 2 N–H and O–H groups in total. The maximum absolute atomic E-state index is 6.01. The Morgan fingerprint density at radius 2 is 1.94 bits per heavy atom. The van der Waals surface area contributed by atoms with Crippen molar-refractivity contribution in [3.05, 3.63) is 28.8 Å². The zero-order valence-corrected chi connectivity index (χ0v) is 10.3. The van der Waals surface area contributed by atoms with Gasteiger partial charge in [-0.3, -0.25) is 0 Å². The summed E-state index contributed by atoms with van der Waals surface area (Å²) < 4.78 is 5.24. The predicted molar refractivity (Wildman–Crippen MR) is 67.2 cm³/mol. The van der Waals surface area contributed by atoms with Crippen LogP contribution in [0.15, 0.2) is 18.2 Å². The van der Waals surface area contributed by atoms with E-state index in [-0.39, 0.29) is 0 Å². The Labute approximate surface area is 102 Å². The molecule has 1 saturated carbocycles. The van der Waals surface area contributed by atoms with Crippen molar-refractivity contribution in [3.63, 3.8) is 0 Å². The predicted octanol–water partition coefficient (Wildman–Crippen LogP) is 3.33. The minimum atomic E-state index is 0.394. The SMILES string of the molecule is COc1cc(C2CCC(N)CC2)ccc1Cl. The van der Waals surface area contributed by atoms with Crippen LogP contribution in [-0.4, -0.2) is 13.2 Å². The van der Waals surface area contributed by atoms with Crippen molar-refractivity contribution >= 4 is 11.6 Å². The summed E-state index contributed by atoms with van der Waals surface area (Å²) in [6.07, 6.45) is 4.59. The highest BCUT2D eigenvalue weighted by atomic mass is 35.5. The monoisotopic (exact) mass is 239 g/mol. The van der Waals surface area contributed by atoms with Crippen molar-refractivity contribution in [2.24, 2.45) is 5.73 Å². The number of nitrogens with two attached hydrogens (primary N) is 1. The fourth-order valence-corrected chi connectivity index (χ4v) is 2.58. The molecule has 1 fully saturated rings. The first-order valence-corrected chi connectivity index (χ1v) is 6.17. The topological polar surface area (TPSA) is 35.2 Å². The standard InChI is InChI=1S/C13H18ClNO/c1-16-13-8-10(4-7-12(13)14)9-2-5-11(15)6-3-9/h4,7-9,11H,2-3,5-6,15H2,1H3. The van der Waals surface area contributed by atoms with E-state index in [1.165, 1.54) is 18.4 Å². The number of halogens is 1. The summed E-state index contributed by atoms with van der Waals surface area (Å²) in [7, 11) is 1.65. The van der Waals surface area contributed by atoms with Gasteiger partial charge in [0.25, 0.3) is 0 Å². The summed E-state index contributed by atoms with van der Waals surface area (Å²) >= 11 is 6.01. The van der Waals surface area contributed by atoms with E-state index in [0.29, 0.717) is 17.0 Å². The van der Waals surface area contributed by atoms with Crippen LogP contribution in [0.25, 0.3) is 0 Å². The van der Waals surface area contributed by atoms with Crippen LogP contribution < -0.4 is 10.5 Å². The van der Waals surface area contributed by atoms with Gasteiger partial charge >= 0.3 is 0 Å². The Hall–Kier alpha value is -0.730. The van der Waals surface area contributed by atoms with Gasteiger partial charge in [0.2, 0.25) is 0 Å². The first-order chi connectivity index (χ1) is 7.70. The van der Waals surface area contributed by atoms with Gasteiger partial charge in [-0.2, -0.15) is 0 Å². The molecule has 0 radical (unpaired) electrons. The third-order valence-electron chi connectivity index (χ3n) is 3.42. The van der Waals surface area contributed by atoms with Crippen molar-refractivity contribution in [2.45, 2.75) is 37.6 Å². The number of benzene rings is 1. The van der Waals surface area contributed by atoms with Crippen molar-refractivity contribution in [1.29, 1.82) is 0 Å². The largest absolute Gasteiger partial charge is 0.495 e. The molecule has 0 atom stereocenters. The minimum Gasteiger partial charge on any atom is -0.495 e. The summed E-state index contributed by atoms with van der Waals surface area (Å²) in [5.41, 5.74) is 7.24. The highest BCUT2D eigenvalue weighted by molar-refractivity contribution is 6.32. The molecule has 0 amide bonds. The van der Waals surface area contributed by atoms with Crippen LogP contribution in [0.1, 0.15) is 37.2 Å². The average Bonchev–Trinajstić information content (AvgIpc) is 2.31. The molecule has 1 aliphatic carbocycles. The Morgan fingerprint density at radius 1 is 1.25 bits per heavy atom. The van der Waals surface area contributed by atoms with Crippen molar-refractivity contribution in [3.8, 4) is 5.75 Å². The number of methoxy groups -OCH3 is 1. The van der Waals surface area contributed by atoms with E-state index >= 15 is 0 Å². The van der Waals surface area contributed by atoms with Crippen LogP contribution in [-0.2, 0) is 0 Å². The van der Waals surface area contributed by atoms with Gasteiger partial charge in [0.15, 0.2) is 0 Å². The number of ether oxygens (including phenoxy) is 1. The third-order valence-corrected chi connectivity index (χ3v) is 3.73. The molecular weight excluding hydrogens is 222 g/mol. The second-order valence-corrected chi connectivity index (χ2v) is 4.91. The fraction of sp³-hybridized carbons (Fsp3) is 0.538. The third kappa shape index (κ3) is 2.50. The molecule has 0 saturated heterocycles.